The summed E-state index contributed by atoms with van der Waals surface area (Å²) in [7, 11) is 0. The summed E-state index contributed by atoms with van der Waals surface area (Å²) in [5.41, 5.74) is 0.971. The van der Waals surface area contributed by atoms with E-state index in [2.05, 4.69) is 4.98 Å². The Morgan fingerprint density at radius 2 is 2.15 bits per heavy atom. The quantitative estimate of drug-likeness (QED) is 0.717. The van der Waals surface area contributed by atoms with Crippen LogP contribution in [0.25, 0.3) is 0 Å². The van der Waals surface area contributed by atoms with Crippen LogP contribution in [0.4, 0.5) is 0 Å². The Morgan fingerprint density at radius 1 is 1.54 bits per heavy atom. The van der Waals surface area contributed by atoms with Crippen molar-refractivity contribution >= 4 is 5.97 Å². The highest BCUT2D eigenvalue weighted by molar-refractivity contribution is 5.86. The molecule has 2 N–H and O–H groups in total. The summed E-state index contributed by atoms with van der Waals surface area (Å²) in [6.07, 6.45) is -0.737. The van der Waals surface area contributed by atoms with Crippen molar-refractivity contribution in [1.82, 2.24) is 4.98 Å². The molecule has 4 nitrogen and oxygen atoms in total. The molecule has 4 heteroatoms. The van der Waals surface area contributed by atoms with Crippen molar-refractivity contribution in [3.8, 4) is 0 Å². The number of rotatable bonds is 2. The first-order valence-corrected chi connectivity index (χ1v) is 3.91. The molecule has 1 unspecified atom stereocenters. The molecule has 0 aliphatic carbocycles. The van der Waals surface area contributed by atoms with E-state index in [1.165, 1.54) is 0 Å². The molecule has 0 radical (unpaired) electrons. The Bertz CT molecular complexity index is 334. The third-order valence-corrected chi connectivity index (χ3v) is 1.75. The van der Waals surface area contributed by atoms with E-state index >= 15 is 0 Å². The Morgan fingerprint density at radius 3 is 2.62 bits per heavy atom. The predicted octanol–water partition coefficient (Wildman–Crippen LogP) is 1.14. The van der Waals surface area contributed by atoms with Crippen LogP contribution in [0.2, 0.25) is 0 Å². The standard InChI is InChI=1S/C9H11NO3/c1-5-3-4-7(6(2)11)10-8(5)9(12)13/h3-4,6,11H,1-2H3,(H,12,13). The zero-order chi connectivity index (χ0) is 10.0. The van der Waals surface area contributed by atoms with Gasteiger partial charge in [-0.1, -0.05) is 6.07 Å². The molecule has 0 saturated carbocycles. The monoisotopic (exact) mass is 181 g/mol. The number of pyridine rings is 1. The van der Waals surface area contributed by atoms with Crippen molar-refractivity contribution < 1.29 is 15.0 Å². The second kappa shape index (κ2) is 3.53. The molecular formula is C9H11NO3. The zero-order valence-electron chi connectivity index (χ0n) is 7.48. The highest BCUT2D eigenvalue weighted by atomic mass is 16.4. The SMILES string of the molecule is Cc1ccc(C(C)O)nc1C(=O)O. The molecule has 0 fully saturated rings. The summed E-state index contributed by atoms with van der Waals surface area (Å²) in [5, 5.41) is 17.9. The average molecular weight is 181 g/mol. The highest BCUT2D eigenvalue weighted by Gasteiger charge is 2.11. The smallest absolute Gasteiger partial charge is 0.354 e. The van der Waals surface area contributed by atoms with Crippen LogP contribution < -0.4 is 0 Å². The Kier molecular flexibility index (Phi) is 2.63. The van der Waals surface area contributed by atoms with Gasteiger partial charge in [0.15, 0.2) is 5.69 Å². The van der Waals surface area contributed by atoms with Gasteiger partial charge < -0.3 is 10.2 Å². The fourth-order valence-electron chi connectivity index (χ4n) is 0.993. The lowest BCUT2D eigenvalue weighted by Crippen LogP contribution is -2.07. The molecule has 0 saturated heterocycles. The maximum absolute atomic E-state index is 10.7. The lowest BCUT2D eigenvalue weighted by molar-refractivity contribution is 0.0688. The number of aryl methyl sites for hydroxylation is 1. The van der Waals surface area contributed by atoms with Crippen LogP contribution in [0.15, 0.2) is 12.1 Å². The van der Waals surface area contributed by atoms with Crippen molar-refractivity contribution in [1.29, 1.82) is 0 Å². The van der Waals surface area contributed by atoms with Crippen molar-refractivity contribution in [2.45, 2.75) is 20.0 Å². The van der Waals surface area contributed by atoms with E-state index in [4.69, 9.17) is 10.2 Å². The molecule has 1 heterocycles. The van der Waals surface area contributed by atoms with Crippen molar-refractivity contribution in [3.63, 3.8) is 0 Å². The van der Waals surface area contributed by atoms with Gasteiger partial charge in [0.1, 0.15) is 0 Å². The van der Waals surface area contributed by atoms with E-state index in [-0.39, 0.29) is 5.69 Å². The third-order valence-electron chi connectivity index (χ3n) is 1.75. The Balaban J connectivity index is 3.19. The van der Waals surface area contributed by atoms with Crippen LogP contribution >= 0.6 is 0 Å². The van der Waals surface area contributed by atoms with Crippen LogP contribution in [0.3, 0.4) is 0 Å². The van der Waals surface area contributed by atoms with Gasteiger partial charge >= 0.3 is 5.97 Å². The number of carboxylic acids is 1. The molecule has 13 heavy (non-hydrogen) atoms. The first-order chi connectivity index (χ1) is 6.02. The predicted molar refractivity (Wildman–Crippen MR) is 46.6 cm³/mol. The van der Waals surface area contributed by atoms with Gasteiger partial charge in [0, 0.05) is 0 Å². The van der Waals surface area contributed by atoms with Crippen LogP contribution in [0, 0.1) is 6.92 Å². The van der Waals surface area contributed by atoms with Crippen molar-refractivity contribution in [3.05, 3.63) is 29.1 Å². The normalized spacial score (nSPS) is 12.5. The van der Waals surface area contributed by atoms with Crippen LogP contribution in [-0.4, -0.2) is 21.2 Å². The number of carbonyl (C=O) groups is 1. The molecule has 1 aromatic rings. The van der Waals surface area contributed by atoms with Gasteiger partial charge in [0.2, 0.25) is 0 Å². The maximum atomic E-state index is 10.7. The largest absolute Gasteiger partial charge is 0.477 e. The number of aliphatic hydroxyl groups is 1. The molecule has 0 aromatic carbocycles. The van der Waals surface area contributed by atoms with Gasteiger partial charge in [-0.2, -0.15) is 0 Å². The number of aliphatic hydroxyl groups excluding tert-OH is 1. The summed E-state index contributed by atoms with van der Waals surface area (Å²) in [6.45, 7) is 3.21. The zero-order valence-corrected chi connectivity index (χ0v) is 7.48. The second-order valence-electron chi connectivity index (χ2n) is 2.88. The molecule has 70 valence electrons. The molecule has 1 rings (SSSR count). The molecule has 0 spiro atoms. The number of hydrogen-bond acceptors (Lipinski definition) is 3. The summed E-state index contributed by atoms with van der Waals surface area (Å²) >= 11 is 0. The fourth-order valence-corrected chi connectivity index (χ4v) is 0.993. The fraction of sp³-hybridized carbons (Fsp3) is 0.333. The minimum atomic E-state index is -1.07. The van der Waals surface area contributed by atoms with E-state index in [1.807, 2.05) is 0 Å². The van der Waals surface area contributed by atoms with E-state index in [1.54, 1.807) is 26.0 Å². The van der Waals surface area contributed by atoms with Crippen LogP contribution in [0.1, 0.15) is 34.8 Å². The number of carboxylic acid groups (broad SMARTS) is 1. The Labute approximate surface area is 75.9 Å². The molecular weight excluding hydrogens is 170 g/mol. The van der Waals surface area contributed by atoms with Crippen molar-refractivity contribution in [2.75, 3.05) is 0 Å². The molecule has 0 aliphatic heterocycles. The first-order valence-electron chi connectivity index (χ1n) is 3.91. The summed E-state index contributed by atoms with van der Waals surface area (Å²) in [5.74, 6) is -1.07. The number of aromatic carboxylic acids is 1. The van der Waals surface area contributed by atoms with Gasteiger partial charge in [0.25, 0.3) is 0 Å². The summed E-state index contributed by atoms with van der Waals surface area (Å²) in [6, 6.07) is 3.25. The van der Waals surface area contributed by atoms with Gasteiger partial charge in [0.05, 0.1) is 11.8 Å². The summed E-state index contributed by atoms with van der Waals surface area (Å²) < 4.78 is 0. The molecule has 1 aromatic heterocycles. The van der Waals surface area contributed by atoms with Gasteiger partial charge in [-0.3, -0.25) is 0 Å². The second-order valence-corrected chi connectivity index (χ2v) is 2.88. The van der Waals surface area contributed by atoms with Crippen molar-refractivity contribution in [2.24, 2.45) is 0 Å². The molecule has 0 bridgehead atoms. The van der Waals surface area contributed by atoms with Gasteiger partial charge in [-0.15, -0.1) is 0 Å². The topological polar surface area (TPSA) is 70.4 Å². The highest BCUT2D eigenvalue weighted by Crippen LogP contribution is 2.12. The minimum absolute atomic E-state index is 0.00148. The average Bonchev–Trinajstić information content (AvgIpc) is 2.04. The molecule has 0 amide bonds. The van der Waals surface area contributed by atoms with Gasteiger partial charge in [-0.05, 0) is 25.5 Å². The van der Waals surface area contributed by atoms with E-state index < -0.39 is 12.1 Å². The lowest BCUT2D eigenvalue weighted by Gasteiger charge is -2.06. The van der Waals surface area contributed by atoms with Crippen LogP contribution in [-0.2, 0) is 0 Å². The molecule has 0 aliphatic rings. The van der Waals surface area contributed by atoms with E-state index in [0.29, 0.717) is 11.3 Å². The number of hydrogen-bond donors (Lipinski definition) is 2. The number of nitrogens with zero attached hydrogens (tertiary/aromatic N) is 1. The van der Waals surface area contributed by atoms with E-state index in [0.717, 1.165) is 0 Å². The van der Waals surface area contributed by atoms with Gasteiger partial charge in [-0.25, -0.2) is 9.78 Å². The summed E-state index contributed by atoms with van der Waals surface area (Å²) in [4.78, 5) is 14.5. The number of aromatic nitrogens is 1. The third kappa shape index (κ3) is 2.03. The molecule has 1 atom stereocenters. The lowest BCUT2D eigenvalue weighted by atomic mass is 10.1. The van der Waals surface area contributed by atoms with Crippen LogP contribution in [0.5, 0.6) is 0 Å². The minimum Gasteiger partial charge on any atom is -0.477 e. The maximum Gasteiger partial charge on any atom is 0.354 e. The Hall–Kier alpha value is -1.42. The van der Waals surface area contributed by atoms with E-state index in [9.17, 15) is 4.79 Å². The first kappa shape index (κ1) is 9.67.